The van der Waals surface area contributed by atoms with Gasteiger partial charge in [0.05, 0.1) is 0 Å². The van der Waals surface area contributed by atoms with Gasteiger partial charge in [-0.15, -0.1) is 0 Å². The summed E-state index contributed by atoms with van der Waals surface area (Å²) in [6.07, 6.45) is 3.28. The molecule has 0 saturated heterocycles. The molecule has 2 N–H and O–H groups in total. The third kappa shape index (κ3) is 8.14. The Hall–Kier alpha value is 0.0400. The molecule has 0 aliphatic heterocycles. The first kappa shape index (κ1) is 12.0. The van der Waals surface area contributed by atoms with Gasteiger partial charge >= 0.3 is 0 Å². The number of rotatable bonds is 5. The Morgan fingerprint density at radius 2 is 2.17 bits per heavy atom. The number of hydrogen-bond acceptors (Lipinski definition) is 2. The van der Waals surface area contributed by atoms with Gasteiger partial charge in [-0.25, -0.2) is 0 Å². The van der Waals surface area contributed by atoms with Crippen LogP contribution in [-0.2, 0) is 0 Å². The van der Waals surface area contributed by atoms with Gasteiger partial charge in [-0.3, -0.25) is 0 Å². The van der Waals surface area contributed by atoms with Gasteiger partial charge in [-0.1, -0.05) is 0 Å². The first-order chi connectivity index (χ1) is 5.66. The molecule has 0 amide bonds. The van der Waals surface area contributed by atoms with E-state index in [0.29, 0.717) is 6.04 Å². The Morgan fingerprint density at radius 1 is 1.50 bits per heavy atom. The second kappa shape index (κ2) is 7.68. The molecule has 0 radical (unpaired) electrons. The van der Waals surface area contributed by atoms with Gasteiger partial charge in [-0.2, -0.15) is 11.8 Å². The van der Waals surface area contributed by atoms with Crippen molar-refractivity contribution >= 4 is 29.1 Å². The van der Waals surface area contributed by atoms with Crippen molar-refractivity contribution in [1.29, 1.82) is 0 Å². The topological polar surface area (TPSA) is 24.1 Å². The highest BCUT2D eigenvalue weighted by atomic mass is 32.2. The molecule has 0 aromatic rings. The summed E-state index contributed by atoms with van der Waals surface area (Å²) in [4.78, 5) is 0. The van der Waals surface area contributed by atoms with E-state index in [9.17, 15) is 0 Å². The third-order valence-corrected chi connectivity index (χ3v) is 2.19. The van der Waals surface area contributed by atoms with E-state index < -0.39 is 0 Å². The molecule has 0 rings (SSSR count). The highest BCUT2D eigenvalue weighted by Gasteiger charge is 1.95. The number of nitrogens with one attached hydrogen (secondary N) is 2. The highest BCUT2D eigenvalue weighted by molar-refractivity contribution is 7.98. The predicted octanol–water partition coefficient (Wildman–Crippen LogP) is 1.61. The van der Waals surface area contributed by atoms with Gasteiger partial charge < -0.3 is 10.6 Å². The molecule has 0 atom stereocenters. The molecule has 0 aliphatic carbocycles. The van der Waals surface area contributed by atoms with Crippen molar-refractivity contribution in [2.24, 2.45) is 0 Å². The van der Waals surface area contributed by atoms with E-state index in [2.05, 4.69) is 30.7 Å². The molecule has 2 nitrogen and oxygen atoms in total. The Balaban J connectivity index is 3.20. The molecule has 0 aliphatic rings. The van der Waals surface area contributed by atoms with Crippen LogP contribution in [0.4, 0.5) is 0 Å². The lowest BCUT2D eigenvalue weighted by molar-refractivity contribution is 0.709. The smallest absolute Gasteiger partial charge is 0.166 e. The largest absolute Gasteiger partial charge is 0.363 e. The molecule has 0 saturated carbocycles. The van der Waals surface area contributed by atoms with Crippen LogP contribution in [-0.4, -0.2) is 29.7 Å². The number of hydrogen-bond donors (Lipinski definition) is 2. The zero-order chi connectivity index (χ0) is 9.40. The van der Waals surface area contributed by atoms with Crippen LogP contribution < -0.4 is 10.6 Å². The fourth-order valence-electron chi connectivity index (χ4n) is 0.732. The molecule has 4 heteroatoms. The van der Waals surface area contributed by atoms with Gasteiger partial charge in [0.25, 0.3) is 0 Å². The van der Waals surface area contributed by atoms with Crippen LogP contribution in [0.5, 0.6) is 0 Å². The molecular weight excluding hydrogens is 188 g/mol. The number of thiocarbonyl (C=S) groups is 1. The molecule has 0 aromatic carbocycles. The van der Waals surface area contributed by atoms with Crippen LogP contribution in [0, 0.1) is 0 Å². The fraction of sp³-hybridized carbons (Fsp3) is 0.875. The molecule has 0 heterocycles. The maximum atomic E-state index is 5.05. The van der Waals surface area contributed by atoms with Crippen molar-refractivity contribution in [2.75, 3.05) is 18.6 Å². The van der Waals surface area contributed by atoms with Crippen LogP contribution >= 0.6 is 24.0 Å². The second-order valence-electron chi connectivity index (χ2n) is 2.90. The fourth-order valence-corrected chi connectivity index (χ4v) is 1.50. The first-order valence-corrected chi connectivity index (χ1v) is 6.00. The van der Waals surface area contributed by atoms with Crippen LogP contribution in [0.25, 0.3) is 0 Å². The van der Waals surface area contributed by atoms with Crippen molar-refractivity contribution in [2.45, 2.75) is 26.3 Å². The minimum absolute atomic E-state index is 0.422. The average molecular weight is 206 g/mol. The molecule has 12 heavy (non-hydrogen) atoms. The van der Waals surface area contributed by atoms with Crippen molar-refractivity contribution in [1.82, 2.24) is 10.6 Å². The molecule has 72 valence electrons. The molecule has 0 fully saturated rings. The zero-order valence-corrected chi connectivity index (χ0v) is 9.65. The zero-order valence-electron chi connectivity index (χ0n) is 8.02. The monoisotopic (exact) mass is 206 g/mol. The van der Waals surface area contributed by atoms with Crippen LogP contribution in [0.2, 0.25) is 0 Å². The quantitative estimate of drug-likeness (QED) is 0.527. The lowest BCUT2D eigenvalue weighted by atomic mass is 10.4. The minimum Gasteiger partial charge on any atom is -0.363 e. The molecule has 0 aromatic heterocycles. The maximum absolute atomic E-state index is 5.05. The van der Waals surface area contributed by atoms with Gasteiger partial charge in [0.15, 0.2) is 5.11 Å². The van der Waals surface area contributed by atoms with Crippen molar-refractivity contribution in [3.8, 4) is 0 Å². The Labute approximate surface area is 84.9 Å². The molecule has 0 unspecified atom stereocenters. The van der Waals surface area contributed by atoms with Crippen molar-refractivity contribution in [3.63, 3.8) is 0 Å². The maximum Gasteiger partial charge on any atom is 0.166 e. The summed E-state index contributed by atoms with van der Waals surface area (Å²) >= 11 is 6.91. The molecule has 0 bridgehead atoms. The highest BCUT2D eigenvalue weighted by Crippen LogP contribution is 1.93. The van der Waals surface area contributed by atoms with Crippen LogP contribution in [0.15, 0.2) is 0 Å². The molecule has 0 spiro atoms. The summed E-state index contributed by atoms with van der Waals surface area (Å²) in [5.74, 6) is 1.19. The minimum atomic E-state index is 0.422. The number of thioether (sulfide) groups is 1. The van der Waals surface area contributed by atoms with E-state index in [-0.39, 0.29) is 0 Å². The Bertz CT molecular complexity index is 126. The second-order valence-corrected chi connectivity index (χ2v) is 4.30. The first-order valence-electron chi connectivity index (χ1n) is 4.20. The van der Waals surface area contributed by atoms with Gasteiger partial charge in [0.1, 0.15) is 0 Å². The summed E-state index contributed by atoms with van der Waals surface area (Å²) in [7, 11) is 0. The van der Waals surface area contributed by atoms with E-state index in [1.807, 2.05) is 11.8 Å². The van der Waals surface area contributed by atoms with Gasteiger partial charge in [0.2, 0.25) is 0 Å². The summed E-state index contributed by atoms with van der Waals surface area (Å²) in [6.45, 7) is 5.13. The van der Waals surface area contributed by atoms with Crippen molar-refractivity contribution < 1.29 is 0 Å². The van der Waals surface area contributed by atoms with Gasteiger partial charge in [0, 0.05) is 12.6 Å². The average Bonchev–Trinajstić information content (AvgIpc) is 1.97. The summed E-state index contributed by atoms with van der Waals surface area (Å²) in [6, 6.07) is 0.422. The molecular formula is C8H18N2S2. The predicted molar refractivity (Wildman–Crippen MR) is 61.9 cm³/mol. The van der Waals surface area contributed by atoms with Gasteiger partial charge in [-0.05, 0) is 44.5 Å². The lowest BCUT2D eigenvalue weighted by Crippen LogP contribution is -2.39. The van der Waals surface area contributed by atoms with Crippen molar-refractivity contribution in [3.05, 3.63) is 0 Å². The van der Waals surface area contributed by atoms with E-state index in [0.717, 1.165) is 11.7 Å². The van der Waals surface area contributed by atoms with E-state index in [4.69, 9.17) is 12.2 Å². The lowest BCUT2D eigenvalue weighted by Gasteiger charge is -2.12. The summed E-state index contributed by atoms with van der Waals surface area (Å²) in [5, 5.41) is 7.06. The SMILES string of the molecule is CSCCCNC(=S)NC(C)C. The van der Waals surface area contributed by atoms with Crippen LogP contribution in [0.1, 0.15) is 20.3 Å². The Kier molecular flexibility index (Phi) is 7.70. The third-order valence-electron chi connectivity index (χ3n) is 1.23. The van der Waals surface area contributed by atoms with E-state index in [1.165, 1.54) is 12.2 Å². The normalized spacial score (nSPS) is 10.0. The van der Waals surface area contributed by atoms with Crippen LogP contribution in [0.3, 0.4) is 0 Å². The summed E-state index contributed by atoms with van der Waals surface area (Å²) < 4.78 is 0. The Morgan fingerprint density at radius 3 is 2.67 bits per heavy atom. The van der Waals surface area contributed by atoms with E-state index in [1.54, 1.807) is 0 Å². The summed E-state index contributed by atoms with van der Waals surface area (Å²) in [5.41, 5.74) is 0. The standard InChI is InChI=1S/C8H18N2S2/c1-7(2)10-8(11)9-5-4-6-12-3/h7H,4-6H2,1-3H3,(H2,9,10,11). The van der Waals surface area contributed by atoms with E-state index >= 15 is 0 Å².